The maximum atomic E-state index is 12.4. The van der Waals surface area contributed by atoms with Gasteiger partial charge in [-0.2, -0.15) is 0 Å². The predicted molar refractivity (Wildman–Crippen MR) is 97.0 cm³/mol. The molecule has 2 aromatic rings. The predicted octanol–water partition coefficient (Wildman–Crippen LogP) is 4.03. The van der Waals surface area contributed by atoms with Gasteiger partial charge in [-0.1, -0.05) is 37.6 Å². The summed E-state index contributed by atoms with van der Waals surface area (Å²) in [6.07, 6.45) is 3.33. The van der Waals surface area contributed by atoms with E-state index in [0.29, 0.717) is 29.1 Å². The van der Waals surface area contributed by atoms with Crippen molar-refractivity contribution in [1.82, 2.24) is 9.97 Å². The number of fused-ring (bicyclic) bond motifs is 1. The van der Waals surface area contributed by atoms with E-state index in [-0.39, 0.29) is 29.5 Å². The number of carbonyl (C=O) groups is 2. The molecule has 6 heteroatoms. The summed E-state index contributed by atoms with van der Waals surface area (Å²) in [4.78, 5) is 33.0. The second kappa shape index (κ2) is 7.31. The van der Waals surface area contributed by atoms with Gasteiger partial charge in [-0.15, -0.1) is 0 Å². The van der Waals surface area contributed by atoms with Gasteiger partial charge in [0.2, 0.25) is 11.9 Å². The van der Waals surface area contributed by atoms with E-state index >= 15 is 0 Å². The first-order valence-corrected chi connectivity index (χ1v) is 8.81. The van der Waals surface area contributed by atoms with Crippen molar-refractivity contribution in [2.24, 2.45) is 5.92 Å². The maximum absolute atomic E-state index is 12.4. The highest BCUT2D eigenvalue weighted by atomic mass is 35.5. The van der Waals surface area contributed by atoms with E-state index in [2.05, 4.69) is 15.3 Å². The zero-order chi connectivity index (χ0) is 18.0. The Labute approximate surface area is 151 Å². The van der Waals surface area contributed by atoms with Crippen LogP contribution in [0, 0.1) is 5.92 Å². The summed E-state index contributed by atoms with van der Waals surface area (Å²) in [5.74, 6) is 0.127. The number of aromatic nitrogens is 2. The molecule has 25 heavy (non-hydrogen) atoms. The van der Waals surface area contributed by atoms with Crippen LogP contribution in [0.1, 0.15) is 54.2 Å². The second-order valence-electron chi connectivity index (χ2n) is 6.43. The third-order valence-electron chi connectivity index (χ3n) is 4.68. The number of hydrogen-bond acceptors (Lipinski definition) is 4. The number of benzene rings is 1. The molecule has 0 spiro atoms. The fraction of sp³-hybridized carbons (Fsp3) is 0.368. The Hall–Kier alpha value is -2.27. The molecule has 2 atom stereocenters. The number of Topliss-reactive ketones (excluding diaryl/α,β-unsaturated/α-hetero) is 1. The van der Waals surface area contributed by atoms with Crippen LogP contribution in [0.5, 0.6) is 0 Å². The lowest BCUT2D eigenvalue weighted by molar-refractivity contribution is -0.119. The van der Waals surface area contributed by atoms with Crippen LogP contribution in [0.3, 0.4) is 0 Å². The molecule has 1 aliphatic carbocycles. The Morgan fingerprint density at radius 3 is 2.72 bits per heavy atom. The first-order valence-electron chi connectivity index (χ1n) is 8.43. The summed E-state index contributed by atoms with van der Waals surface area (Å²) in [5, 5.41) is 3.40. The van der Waals surface area contributed by atoms with E-state index in [1.807, 2.05) is 38.1 Å². The number of halogens is 1. The number of hydrogen-bond donors (Lipinski definition) is 1. The third-order valence-corrected chi connectivity index (χ3v) is 4.93. The molecule has 5 nitrogen and oxygen atoms in total. The monoisotopic (exact) mass is 357 g/mol. The van der Waals surface area contributed by atoms with Crippen LogP contribution in [0.2, 0.25) is 5.02 Å². The number of nitrogens with zero attached hydrogens (tertiary/aromatic N) is 2. The Morgan fingerprint density at radius 1 is 1.32 bits per heavy atom. The largest absolute Gasteiger partial charge is 0.294 e. The number of anilines is 1. The Morgan fingerprint density at radius 2 is 2.04 bits per heavy atom. The van der Waals surface area contributed by atoms with Gasteiger partial charge in [-0.25, -0.2) is 9.97 Å². The van der Waals surface area contributed by atoms with Crippen LogP contribution in [-0.4, -0.2) is 21.7 Å². The van der Waals surface area contributed by atoms with E-state index < -0.39 is 0 Å². The molecule has 0 bridgehead atoms. The van der Waals surface area contributed by atoms with Gasteiger partial charge < -0.3 is 0 Å². The number of rotatable bonds is 4. The molecule has 0 fully saturated rings. The van der Waals surface area contributed by atoms with Gasteiger partial charge in [0.25, 0.3) is 0 Å². The summed E-state index contributed by atoms with van der Waals surface area (Å²) in [7, 11) is 0. The number of carbonyl (C=O) groups excluding carboxylic acids is 2. The van der Waals surface area contributed by atoms with Crippen LogP contribution in [0.25, 0.3) is 0 Å². The SMILES string of the molecule is CC[C@H](C)C(=O)Nc1ncc2c(n1)C[C@H](c1ccc(Cl)cc1)CC2=O. The highest BCUT2D eigenvalue weighted by Crippen LogP contribution is 2.32. The second-order valence-corrected chi connectivity index (χ2v) is 6.87. The van der Waals surface area contributed by atoms with Gasteiger partial charge in [0.1, 0.15) is 0 Å². The van der Waals surface area contributed by atoms with E-state index in [0.717, 1.165) is 12.0 Å². The summed E-state index contributed by atoms with van der Waals surface area (Å²) < 4.78 is 0. The van der Waals surface area contributed by atoms with Gasteiger partial charge >= 0.3 is 0 Å². The first kappa shape index (κ1) is 17.5. The molecule has 1 amide bonds. The van der Waals surface area contributed by atoms with Crippen molar-refractivity contribution in [3.05, 3.63) is 52.3 Å². The smallest absolute Gasteiger partial charge is 0.229 e. The van der Waals surface area contributed by atoms with Crippen molar-refractivity contribution < 1.29 is 9.59 Å². The first-order chi connectivity index (χ1) is 12.0. The minimum absolute atomic E-state index is 0.0287. The average Bonchev–Trinajstić information content (AvgIpc) is 2.61. The van der Waals surface area contributed by atoms with Gasteiger partial charge in [0.05, 0.1) is 11.3 Å². The normalized spacial score (nSPS) is 17.7. The lowest BCUT2D eigenvalue weighted by atomic mass is 9.82. The van der Waals surface area contributed by atoms with E-state index in [1.165, 1.54) is 6.20 Å². The summed E-state index contributed by atoms with van der Waals surface area (Å²) in [6, 6.07) is 7.54. The van der Waals surface area contributed by atoms with Gasteiger partial charge in [0.15, 0.2) is 5.78 Å². The molecule has 0 saturated heterocycles. The Balaban J connectivity index is 1.83. The van der Waals surface area contributed by atoms with Crippen LogP contribution < -0.4 is 5.32 Å². The molecule has 1 aromatic heterocycles. The van der Waals surface area contributed by atoms with Gasteiger partial charge in [0, 0.05) is 23.6 Å². The number of amides is 1. The molecule has 0 aliphatic heterocycles. The van der Waals surface area contributed by atoms with E-state index in [1.54, 1.807) is 0 Å². The molecule has 3 rings (SSSR count). The van der Waals surface area contributed by atoms with Crippen molar-refractivity contribution in [1.29, 1.82) is 0 Å². The fourth-order valence-corrected chi connectivity index (χ4v) is 3.02. The number of nitrogens with one attached hydrogen (secondary N) is 1. The quantitative estimate of drug-likeness (QED) is 0.896. The summed E-state index contributed by atoms with van der Waals surface area (Å²) in [6.45, 7) is 3.81. The van der Waals surface area contributed by atoms with Crippen molar-refractivity contribution in [3.63, 3.8) is 0 Å². The molecular weight excluding hydrogens is 338 g/mol. The minimum Gasteiger partial charge on any atom is -0.294 e. The molecule has 0 unspecified atom stereocenters. The standard InChI is InChI=1S/C19H20ClN3O2/c1-3-11(2)18(25)23-19-21-10-15-16(22-19)8-13(9-17(15)24)12-4-6-14(20)7-5-12/h4-7,10-11,13H,3,8-9H2,1-2H3,(H,21,22,23,25)/t11-,13-/m0/s1. The topological polar surface area (TPSA) is 72.0 Å². The Kier molecular flexibility index (Phi) is 5.13. The van der Waals surface area contributed by atoms with Crippen molar-refractivity contribution in [2.75, 3.05) is 5.32 Å². The van der Waals surface area contributed by atoms with Crippen LogP contribution in [0.4, 0.5) is 5.95 Å². The molecule has 1 heterocycles. The third kappa shape index (κ3) is 3.87. The molecule has 1 N–H and O–H groups in total. The van der Waals surface area contributed by atoms with Crippen LogP contribution in [-0.2, 0) is 11.2 Å². The van der Waals surface area contributed by atoms with E-state index in [9.17, 15) is 9.59 Å². The average molecular weight is 358 g/mol. The molecule has 1 aliphatic rings. The van der Waals surface area contributed by atoms with Crippen LogP contribution >= 0.6 is 11.6 Å². The van der Waals surface area contributed by atoms with Crippen molar-refractivity contribution in [2.45, 2.75) is 39.0 Å². The summed E-state index contributed by atoms with van der Waals surface area (Å²) >= 11 is 5.94. The Bertz CT molecular complexity index is 805. The van der Waals surface area contributed by atoms with Gasteiger partial charge in [-0.05, 0) is 36.5 Å². The van der Waals surface area contributed by atoms with Crippen molar-refractivity contribution in [3.8, 4) is 0 Å². The highest BCUT2D eigenvalue weighted by Gasteiger charge is 2.28. The molecule has 130 valence electrons. The van der Waals surface area contributed by atoms with Crippen LogP contribution in [0.15, 0.2) is 30.5 Å². The van der Waals surface area contributed by atoms with Crippen molar-refractivity contribution >= 4 is 29.2 Å². The van der Waals surface area contributed by atoms with Gasteiger partial charge in [-0.3, -0.25) is 14.9 Å². The zero-order valence-corrected chi connectivity index (χ0v) is 15.0. The molecular formula is C19H20ClN3O2. The molecule has 0 saturated carbocycles. The lowest BCUT2D eigenvalue weighted by Gasteiger charge is -2.23. The lowest BCUT2D eigenvalue weighted by Crippen LogP contribution is -2.24. The molecule has 0 radical (unpaired) electrons. The molecule has 1 aromatic carbocycles. The summed E-state index contributed by atoms with van der Waals surface area (Å²) in [5.41, 5.74) is 2.30. The maximum Gasteiger partial charge on any atom is 0.229 e. The zero-order valence-electron chi connectivity index (χ0n) is 14.3. The highest BCUT2D eigenvalue weighted by molar-refractivity contribution is 6.30. The minimum atomic E-state index is -0.112. The number of ketones is 1. The van der Waals surface area contributed by atoms with E-state index in [4.69, 9.17) is 11.6 Å². The fourth-order valence-electron chi connectivity index (χ4n) is 2.89.